The quantitative estimate of drug-likeness (QED) is 0.506. The summed E-state index contributed by atoms with van der Waals surface area (Å²) >= 11 is 6.31. The largest absolute Gasteiger partial charge is 0.333 e. The number of aryl methyl sites for hydroxylation is 1. The van der Waals surface area contributed by atoms with Crippen molar-refractivity contribution in [2.45, 2.75) is 59.2 Å². The second kappa shape index (κ2) is 9.64. The van der Waals surface area contributed by atoms with Crippen molar-refractivity contribution in [3.05, 3.63) is 74.9 Å². The number of rotatable bonds is 5. The van der Waals surface area contributed by atoms with Crippen molar-refractivity contribution < 1.29 is 9.18 Å². The number of carbonyl (C=O) groups is 1. The molecule has 1 aromatic heterocycles. The van der Waals surface area contributed by atoms with Crippen LogP contribution in [-0.4, -0.2) is 26.6 Å². The smallest absolute Gasteiger partial charge is 0.275 e. The molecule has 5 nitrogen and oxygen atoms in total. The molecule has 33 heavy (non-hydrogen) atoms. The van der Waals surface area contributed by atoms with E-state index in [-0.39, 0.29) is 36.5 Å². The van der Waals surface area contributed by atoms with E-state index < -0.39 is 5.82 Å². The summed E-state index contributed by atoms with van der Waals surface area (Å²) in [6, 6.07) is 11.7. The molecule has 1 amide bonds. The van der Waals surface area contributed by atoms with E-state index >= 15 is 0 Å². The summed E-state index contributed by atoms with van der Waals surface area (Å²) in [6.45, 7) is 6.02. The molecule has 1 aliphatic carbocycles. The molecule has 3 atom stereocenters. The molecule has 3 aromatic rings. The minimum atomic E-state index is -0.436. The molecule has 3 unspecified atom stereocenters. The molecule has 0 N–H and O–H groups in total. The summed E-state index contributed by atoms with van der Waals surface area (Å²) in [5, 5.41) is 6.00. The standard InChI is InChI=1S/C26H29ClFN3O2/c1-16-8-6-13-24(17(16)2)30(14-21-22(27)11-7-12-23(21)28)25(32)15-31-26(33)20-10-5-4-9-19(20)18(3)29-31/h4-5,7,9-12,16-17,24H,6,8,13-15H2,1-3H3. The zero-order chi connectivity index (χ0) is 23.7. The molecular weight excluding hydrogens is 441 g/mol. The van der Waals surface area contributed by atoms with Gasteiger partial charge in [-0.2, -0.15) is 5.10 Å². The highest BCUT2D eigenvalue weighted by atomic mass is 35.5. The van der Waals surface area contributed by atoms with Crippen molar-refractivity contribution in [2.75, 3.05) is 0 Å². The van der Waals surface area contributed by atoms with E-state index in [1.165, 1.54) is 10.7 Å². The normalized spacial score (nSPS) is 20.7. The zero-order valence-electron chi connectivity index (χ0n) is 19.2. The molecule has 1 fully saturated rings. The fourth-order valence-corrected chi connectivity index (χ4v) is 5.19. The lowest BCUT2D eigenvalue weighted by Gasteiger charge is -2.42. The molecule has 2 aromatic carbocycles. The number of hydrogen-bond donors (Lipinski definition) is 0. The number of benzene rings is 2. The number of hydrogen-bond acceptors (Lipinski definition) is 3. The lowest BCUT2D eigenvalue weighted by atomic mass is 9.77. The molecule has 0 bridgehead atoms. The van der Waals surface area contributed by atoms with Gasteiger partial charge in [0, 0.05) is 22.0 Å². The van der Waals surface area contributed by atoms with E-state index in [9.17, 15) is 14.0 Å². The molecule has 0 aliphatic heterocycles. The fourth-order valence-electron chi connectivity index (χ4n) is 4.97. The van der Waals surface area contributed by atoms with Crippen molar-refractivity contribution in [3.8, 4) is 0 Å². The molecule has 7 heteroatoms. The van der Waals surface area contributed by atoms with Gasteiger partial charge in [0.05, 0.1) is 17.6 Å². The summed E-state index contributed by atoms with van der Waals surface area (Å²) in [5.74, 6) is -0.00613. The van der Waals surface area contributed by atoms with Gasteiger partial charge < -0.3 is 4.90 Å². The molecule has 174 valence electrons. The Morgan fingerprint density at radius 2 is 1.88 bits per heavy atom. The van der Waals surface area contributed by atoms with Gasteiger partial charge >= 0.3 is 0 Å². The van der Waals surface area contributed by atoms with Gasteiger partial charge in [-0.25, -0.2) is 9.07 Å². The first-order valence-electron chi connectivity index (χ1n) is 11.5. The van der Waals surface area contributed by atoms with E-state index in [1.807, 2.05) is 19.1 Å². The van der Waals surface area contributed by atoms with Crippen LogP contribution in [0.2, 0.25) is 5.02 Å². The van der Waals surface area contributed by atoms with Crippen molar-refractivity contribution >= 4 is 28.3 Å². The highest BCUT2D eigenvalue weighted by molar-refractivity contribution is 6.31. The fraction of sp³-hybridized carbons (Fsp3) is 0.423. The average Bonchev–Trinajstić information content (AvgIpc) is 2.79. The number of nitrogens with zero attached hydrogens (tertiary/aromatic N) is 3. The monoisotopic (exact) mass is 469 g/mol. The zero-order valence-corrected chi connectivity index (χ0v) is 20.0. The van der Waals surface area contributed by atoms with Crippen molar-refractivity contribution in [1.29, 1.82) is 0 Å². The number of fused-ring (bicyclic) bond motifs is 1. The Labute approximate surface area is 198 Å². The van der Waals surface area contributed by atoms with E-state index in [0.29, 0.717) is 27.6 Å². The van der Waals surface area contributed by atoms with Crippen LogP contribution in [0.1, 0.15) is 44.4 Å². The van der Waals surface area contributed by atoms with Crippen LogP contribution in [0, 0.1) is 24.6 Å². The summed E-state index contributed by atoms with van der Waals surface area (Å²) in [7, 11) is 0. The van der Waals surface area contributed by atoms with Gasteiger partial charge in [-0.05, 0) is 43.4 Å². The van der Waals surface area contributed by atoms with Gasteiger partial charge in [-0.1, -0.05) is 62.6 Å². The van der Waals surface area contributed by atoms with Gasteiger partial charge in [-0.15, -0.1) is 0 Å². The van der Waals surface area contributed by atoms with Gasteiger partial charge in [0.25, 0.3) is 5.56 Å². The van der Waals surface area contributed by atoms with E-state index in [1.54, 1.807) is 29.2 Å². The van der Waals surface area contributed by atoms with E-state index in [0.717, 1.165) is 24.6 Å². The van der Waals surface area contributed by atoms with Gasteiger partial charge in [-0.3, -0.25) is 9.59 Å². The van der Waals surface area contributed by atoms with Crippen LogP contribution in [0.15, 0.2) is 47.3 Å². The molecule has 0 spiro atoms. The average molecular weight is 470 g/mol. The summed E-state index contributed by atoms with van der Waals surface area (Å²) in [5.41, 5.74) is 0.674. The first-order chi connectivity index (χ1) is 15.8. The first kappa shape index (κ1) is 23.4. The second-order valence-electron chi connectivity index (χ2n) is 9.15. The van der Waals surface area contributed by atoms with Gasteiger partial charge in [0.15, 0.2) is 0 Å². The van der Waals surface area contributed by atoms with Crippen molar-refractivity contribution in [1.82, 2.24) is 14.7 Å². The second-order valence-corrected chi connectivity index (χ2v) is 9.56. The van der Waals surface area contributed by atoms with Crippen molar-refractivity contribution in [2.24, 2.45) is 11.8 Å². The van der Waals surface area contributed by atoms with Gasteiger partial charge in [0.1, 0.15) is 12.4 Å². The Morgan fingerprint density at radius 3 is 2.61 bits per heavy atom. The molecule has 1 aliphatic rings. The highest BCUT2D eigenvalue weighted by Gasteiger charge is 2.35. The van der Waals surface area contributed by atoms with Crippen LogP contribution in [-0.2, 0) is 17.9 Å². The third-order valence-corrected chi connectivity index (χ3v) is 7.47. The maximum Gasteiger partial charge on any atom is 0.275 e. The molecule has 0 radical (unpaired) electrons. The molecule has 0 saturated heterocycles. The summed E-state index contributed by atoms with van der Waals surface area (Å²) in [6.07, 6.45) is 2.94. The van der Waals surface area contributed by atoms with Crippen LogP contribution >= 0.6 is 11.6 Å². The maximum atomic E-state index is 14.6. The van der Waals surface area contributed by atoms with E-state index in [4.69, 9.17) is 11.6 Å². The SMILES string of the molecule is Cc1nn(CC(=O)N(Cc2c(F)cccc2Cl)C2CCCC(C)C2C)c(=O)c2ccccc12. The Morgan fingerprint density at radius 1 is 1.15 bits per heavy atom. The first-order valence-corrected chi connectivity index (χ1v) is 11.8. The minimum absolute atomic E-state index is 0.0609. The molecule has 1 saturated carbocycles. The molecule has 4 rings (SSSR count). The maximum absolute atomic E-state index is 14.6. The predicted octanol–water partition coefficient (Wildman–Crippen LogP) is 5.35. The third kappa shape index (κ3) is 4.67. The van der Waals surface area contributed by atoms with Crippen LogP contribution in [0.5, 0.6) is 0 Å². The molecular formula is C26H29ClFN3O2. The number of carbonyl (C=O) groups excluding carboxylic acids is 1. The van der Waals surface area contributed by atoms with Crippen LogP contribution in [0.3, 0.4) is 0 Å². The lowest BCUT2D eigenvalue weighted by Crippen LogP contribution is -2.49. The van der Waals surface area contributed by atoms with Crippen LogP contribution < -0.4 is 5.56 Å². The lowest BCUT2D eigenvalue weighted by molar-refractivity contribution is -0.137. The Hall–Kier alpha value is -2.73. The minimum Gasteiger partial charge on any atom is -0.333 e. The summed E-state index contributed by atoms with van der Waals surface area (Å²) in [4.78, 5) is 28.4. The topological polar surface area (TPSA) is 55.2 Å². The Balaban J connectivity index is 1.71. The van der Waals surface area contributed by atoms with Crippen LogP contribution in [0.25, 0.3) is 10.8 Å². The summed E-state index contributed by atoms with van der Waals surface area (Å²) < 4.78 is 15.9. The Kier molecular flexibility index (Phi) is 6.84. The van der Waals surface area contributed by atoms with Gasteiger partial charge in [0.2, 0.25) is 5.91 Å². The number of aromatic nitrogens is 2. The van der Waals surface area contributed by atoms with Crippen molar-refractivity contribution in [3.63, 3.8) is 0 Å². The number of halogens is 2. The predicted molar refractivity (Wildman–Crippen MR) is 129 cm³/mol. The molecule has 1 heterocycles. The van der Waals surface area contributed by atoms with E-state index in [2.05, 4.69) is 18.9 Å². The number of amides is 1. The highest BCUT2D eigenvalue weighted by Crippen LogP contribution is 2.34. The Bertz CT molecular complexity index is 1220. The third-order valence-electron chi connectivity index (χ3n) is 7.11. The van der Waals surface area contributed by atoms with Crippen LogP contribution in [0.4, 0.5) is 4.39 Å².